The van der Waals surface area contributed by atoms with E-state index in [1.165, 1.54) is 12.1 Å². The van der Waals surface area contributed by atoms with Crippen molar-refractivity contribution in [3.8, 4) is 28.7 Å². The number of halogens is 3. The first-order valence-electron chi connectivity index (χ1n) is 11.1. The lowest BCUT2D eigenvalue weighted by Gasteiger charge is -2.10. The largest absolute Gasteiger partial charge is 0.494 e. The molecular formula is C27H28F3NO4. The fourth-order valence-electron chi connectivity index (χ4n) is 3.19. The van der Waals surface area contributed by atoms with Crippen LogP contribution in [0.3, 0.4) is 0 Å². The molecule has 0 aliphatic carbocycles. The van der Waals surface area contributed by atoms with Gasteiger partial charge < -0.3 is 24.3 Å². The van der Waals surface area contributed by atoms with Crippen LogP contribution in [-0.2, 0) is 12.6 Å². The second-order valence-corrected chi connectivity index (χ2v) is 7.55. The van der Waals surface area contributed by atoms with Gasteiger partial charge in [0, 0.05) is 6.54 Å². The van der Waals surface area contributed by atoms with Gasteiger partial charge in [-0.1, -0.05) is 12.1 Å². The molecule has 0 spiro atoms. The minimum atomic E-state index is -4.37. The Kier molecular flexibility index (Phi) is 9.29. The number of allylic oxidation sites excluding steroid dienone is 1. The average molecular weight is 488 g/mol. The number of ether oxygens (including phenoxy) is 4. The predicted octanol–water partition coefficient (Wildman–Crippen LogP) is 6.63. The van der Waals surface area contributed by atoms with Crippen LogP contribution in [-0.4, -0.2) is 27.4 Å². The van der Waals surface area contributed by atoms with Crippen molar-refractivity contribution in [2.75, 3.05) is 27.4 Å². The van der Waals surface area contributed by atoms with E-state index in [4.69, 9.17) is 18.9 Å². The summed E-state index contributed by atoms with van der Waals surface area (Å²) in [6.45, 7) is 1.30. The summed E-state index contributed by atoms with van der Waals surface area (Å²) in [5.41, 5.74) is 0.409. The van der Waals surface area contributed by atoms with Crippen molar-refractivity contribution < 1.29 is 32.1 Å². The molecule has 0 saturated carbocycles. The van der Waals surface area contributed by atoms with Gasteiger partial charge in [-0.15, -0.1) is 0 Å². The number of methoxy groups -OCH3 is 2. The maximum atomic E-state index is 12.6. The molecule has 3 rings (SSSR count). The molecule has 0 bridgehead atoms. The molecule has 0 unspecified atom stereocenters. The highest BCUT2D eigenvalue weighted by atomic mass is 19.4. The van der Waals surface area contributed by atoms with Gasteiger partial charge in [0.25, 0.3) is 0 Å². The van der Waals surface area contributed by atoms with Crippen LogP contribution in [0.1, 0.15) is 17.5 Å². The van der Waals surface area contributed by atoms with Crippen molar-refractivity contribution in [3.05, 3.63) is 90.1 Å². The summed E-state index contributed by atoms with van der Waals surface area (Å²) in [5, 5.41) is 3.24. The van der Waals surface area contributed by atoms with E-state index in [1.807, 2.05) is 30.5 Å². The molecule has 0 heterocycles. The maximum absolute atomic E-state index is 12.6. The zero-order chi connectivity index (χ0) is 25.1. The van der Waals surface area contributed by atoms with Crippen LogP contribution in [0, 0.1) is 0 Å². The molecule has 35 heavy (non-hydrogen) atoms. The molecule has 0 fully saturated rings. The number of hydrogen-bond donors (Lipinski definition) is 1. The third kappa shape index (κ3) is 8.17. The minimum Gasteiger partial charge on any atom is -0.494 e. The molecule has 0 saturated heterocycles. The molecule has 0 aliphatic rings. The first-order valence-corrected chi connectivity index (χ1v) is 11.1. The molecule has 8 heteroatoms. The van der Waals surface area contributed by atoms with Gasteiger partial charge in [0.2, 0.25) is 0 Å². The molecule has 0 aliphatic heterocycles. The maximum Gasteiger partial charge on any atom is 0.416 e. The molecule has 186 valence electrons. The summed E-state index contributed by atoms with van der Waals surface area (Å²) < 4.78 is 59.8. The molecule has 3 aromatic rings. The second kappa shape index (κ2) is 12.6. The van der Waals surface area contributed by atoms with Crippen LogP contribution in [0.25, 0.3) is 0 Å². The Labute approximate surface area is 203 Å². The third-order valence-electron chi connectivity index (χ3n) is 5.01. The molecule has 0 aromatic heterocycles. The van der Waals surface area contributed by atoms with Crippen molar-refractivity contribution in [1.29, 1.82) is 0 Å². The molecule has 0 amide bonds. The molecule has 3 aromatic carbocycles. The van der Waals surface area contributed by atoms with E-state index in [0.717, 1.165) is 37.1 Å². The molecule has 1 N–H and O–H groups in total. The number of hydrogen-bond acceptors (Lipinski definition) is 5. The summed E-state index contributed by atoms with van der Waals surface area (Å²) >= 11 is 0. The van der Waals surface area contributed by atoms with Crippen LogP contribution in [0.2, 0.25) is 0 Å². The van der Waals surface area contributed by atoms with Gasteiger partial charge in [0.1, 0.15) is 17.2 Å². The van der Waals surface area contributed by atoms with Crippen LogP contribution in [0.5, 0.6) is 28.7 Å². The van der Waals surface area contributed by atoms with E-state index >= 15 is 0 Å². The van der Waals surface area contributed by atoms with E-state index in [0.29, 0.717) is 35.4 Å². The van der Waals surface area contributed by atoms with Crippen molar-refractivity contribution in [3.63, 3.8) is 0 Å². The van der Waals surface area contributed by atoms with Gasteiger partial charge >= 0.3 is 6.18 Å². The van der Waals surface area contributed by atoms with E-state index in [2.05, 4.69) is 5.32 Å². The Balaban J connectivity index is 1.33. The van der Waals surface area contributed by atoms with Crippen molar-refractivity contribution in [2.45, 2.75) is 19.0 Å². The summed E-state index contributed by atoms with van der Waals surface area (Å²) in [6, 6.07) is 17.4. The van der Waals surface area contributed by atoms with Crippen LogP contribution in [0.4, 0.5) is 13.2 Å². The van der Waals surface area contributed by atoms with Crippen molar-refractivity contribution in [2.24, 2.45) is 0 Å². The number of benzene rings is 3. The molecular weight excluding hydrogens is 459 g/mol. The first-order chi connectivity index (χ1) is 16.9. The Morgan fingerprint density at radius 2 is 1.43 bits per heavy atom. The third-order valence-corrected chi connectivity index (χ3v) is 5.01. The fourth-order valence-corrected chi connectivity index (χ4v) is 3.19. The van der Waals surface area contributed by atoms with E-state index in [9.17, 15) is 13.2 Å². The zero-order valence-corrected chi connectivity index (χ0v) is 19.6. The SMILES string of the molecule is COc1ccc(C/C=C/NCCCOc2ccc(Oc3ccc(C(F)(F)F)cc3)cc2)cc1OC. The Hall–Kier alpha value is -3.81. The molecule has 5 nitrogen and oxygen atoms in total. The first kappa shape index (κ1) is 25.8. The van der Waals surface area contributed by atoms with Crippen molar-refractivity contribution >= 4 is 0 Å². The molecule has 0 atom stereocenters. The monoisotopic (exact) mass is 487 g/mol. The van der Waals surface area contributed by atoms with Crippen molar-refractivity contribution in [1.82, 2.24) is 5.32 Å². The van der Waals surface area contributed by atoms with Gasteiger partial charge in [0.15, 0.2) is 11.5 Å². The number of rotatable bonds is 12. The lowest BCUT2D eigenvalue weighted by Crippen LogP contribution is -2.11. The highest BCUT2D eigenvalue weighted by molar-refractivity contribution is 5.43. The quantitative estimate of drug-likeness (QED) is 0.291. The van der Waals surface area contributed by atoms with Gasteiger partial charge in [-0.2, -0.15) is 13.2 Å². The highest BCUT2D eigenvalue weighted by Gasteiger charge is 2.30. The van der Waals surface area contributed by atoms with Gasteiger partial charge in [-0.05, 0) is 85.3 Å². The lowest BCUT2D eigenvalue weighted by atomic mass is 10.1. The standard InChI is InChI=1S/C27H28F3NO4/c1-32-25-15-6-20(19-26(25)33-2)5-3-16-31-17-4-18-34-22-11-13-24(14-12-22)35-23-9-7-21(8-10-23)27(28,29)30/h3,6-16,19,31H,4-5,17-18H2,1-2H3/b16-3+. The minimum absolute atomic E-state index is 0.330. The number of nitrogens with one attached hydrogen (secondary N) is 1. The Morgan fingerprint density at radius 1 is 0.800 bits per heavy atom. The Morgan fingerprint density at radius 3 is 2.06 bits per heavy atom. The summed E-state index contributed by atoms with van der Waals surface area (Å²) in [4.78, 5) is 0. The zero-order valence-electron chi connectivity index (χ0n) is 19.6. The second-order valence-electron chi connectivity index (χ2n) is 7.55. The number of alkyl halides is 3. The lowest BCUT2D eigenvalue weighted by molar-refractivity contribution is -0.137. The van der Waals surface area contributed by atoms with E-state index < -0.39 is 11.7 Å². The summed E-state index contributed by atoms with van der Waals surface area (Å²) in [7, 11) is 3.23. The van der Waals surface area contributed by atoms with Crippen LogP contribution >= 0.6 is 0 Å². The highest BCUT2D eigenvalue weighted by Crippen LogP contribution is 2.32. The normalized spacial score (nSPS) is 11.3. The van der Waals surface area contributed by atoms with Crippen LogP contribution in [0.15, 0.2) is 79.0 Å². The Bertz CT molecular complexity index is 1080. The molecule has 0 radical (unpaired) electrons. The topological polar surface area (TPSA) is 49.0 Å². The van der Waals surface area contributed by atoms with E-state index in [1.54, 1.807) is 38.5 Å². The van der Waals surface area contributed by atoms with Gasteiger partial charge in [0.05, 0.1) is 26.4 Å². The predicted molar refractivity (Wildman–Crippen MR) is 128 cm³/mol. The summed E-state index contributed by atoms with van der Waals surface area (Å²) in [5.74, 6) is 2.95. The smallest absolute Gasteiger partial charge is 0.416 e. The van der Waals surface area contributed by atoms with Gasteiger partial charge in [-0.3, -0.25) is 0 Å². The van der Waals surface area contributed by atoms with E-state index in [-0.39, 0.29) is 0 Å². The van der Waals surface area contributed by atoms with Gasteiger partial charge in [-0.25, -0.2) is 0 Å². The van der Waals surface area contributed by atoms with Crippen LogP contribution < -0.4 is 24.3 Å². The average Bonchev–Trinajstić information content (AvgIpc) is 2.86. The fraction of sp³-hybridized carbons (Fsp3) is 0.259. The summed E-state index contributed by atoms with van der Waals surface area (Å²) in [6.07, 6.45) is 1.17.